The van der Waals surface area contributed by atoms with Crippen molar-refractivity contribution in [2.75, 3.05) is 20.6 Å². The normalized spacial score (nSPS) is 21.9. The largest absolute Gasteiger partial charge is 0.387 e. The fourth-order valence-electron chi connectivity index (χ4n) is 1.95. The van der Waals surface area contributed by atoms with Crippen LogP contribution in [-0.4, -0.2) is 52.9 Å². The van der Waals surface area contributed by atoms with Crippen molar-refractivity contribution in [3.05, 3.63) is 11.7 Å². The molecule has 1 fully saturated rings. The molecule has 1 saturated heterocycles. The van der Waals surface area contributed by atoms with Crippen molar-refractivity contribution in [1.29, 1.82) is 0 Å². The van der Waals surface area contributed by atoms with Gasteiger partial charge in [0.2, 0.25) is 0 Å². The van der Waals surface area contributed by atoms with Gasteiger partial charge in [-0.05, 0) is 12.8 Å². The van der Waals surface area contributed by atoms with Crippen molar-refractivity contribution in [3.8, 4) is 0 Å². The monoisotopic (exact) mass is 276 g/mol. The number of hydrogen-bond donors (Lipinski definition) is 1. The van der Waals surface area contributed by atoms with Gasteiger partial charge in [-0.2, -0.15) is 22.0 Å². The Bertz CT molecular complexity index is 512. The lowest BCUT2D eigenvalue weighted by atomic mass is 10.2. The Hall–Kier alpha value is -1.03. The van der Waals surface area contributed by atoms with Gasteiger partial charge in [0, 0.05) is 20.6 Å². The molecule has 0 amide bonds. The second kappa shape index (κ2) is 4.92. The van der Waals surface area contributed by atoms with Gasteiger partial charge in [-0.15, -0.1) is 0 Å². The van der Waals surface area contributed by atoms with E-state index in [0.717, 1.165) is 6.42 Å². The molecule has 0 spiro atoms. The third-order valence-corrected chi connectivity index (χ3v) is 4.83. The van der Waals surface area contributed by atoms with Crippen LogP contribution < -0.4 is 0 Å². The maximum Gasteiger partial charge on any atom is 0.282 e. The van der Waals surface area contributed by atoms with Crippen molar-refractivity contribution in [2.24, 2.45) is 0 Å². The van der Waals surface area contributed by atoms with Gasteiger partial charge in [-0.3, -0.25) is 0 Å². The minimum absolute atomic E-state index is 0.0964. The minimum Gasteiger partial charge on any atom is -0.387 e. The van der Waals surface area contributed by atoms with Gasteiger partial charge in [0.15, 0.2) is 5.82 Å². The zero-order chi connectivity index (χ0) is 13.3. The number of aliphatic hydroxyl groups excluding tert-OH is 1. The average molecular weight is 276 g/mol. The molecule has 1 N–H and O–H groups in total. The Morgan fingerprint density at radius 1 is 1.56 bits per heavy atom. The quantitative estimate of drug-likeness (QED) is 0.796. The van der Waals surface area contributed by atoms with Gasteiger partial charge in [-0.1, -0.05) is 5.16 Å². The van der Waals surface area contributed by atoms with Crippen LogP contribution in [0, 0.1) is 0 Å². The molecule has 2 heterocycles. The molecule has 0 aliphatic carbocycles. The number of hydrogen-bond acceptors (Lipinski definition) is 6. The minimum atomic E-state index is -3.49. The molecule has 2 rings (SSSR count). The summed E-state index contributed by atoms with van der Waals surface area (Å²) in [6, 6.07) is -0.415. The molecule has 1 aliphatic heterocycles. The van der Waals surface area contributed by atoms with Gasteiger partial charge in [-0.25, -0.2) is 0 Å². The molecular formula is C9H16N4O4S. The highest BCUT2D eigenvalue weighted by atomic mass is 32.2. The van der Waals surface area contributed by atoms with E-state index in [1.54, 1.807) is 0 Å². The maximum absolute atomic E-state index is 12.1. The summed E-state index contributed by atoms with van der Waals surface area (Å²) in [4.78, 5) is 3.98. The van der Waals surface area contributed by atoms with Gasteiger partial charge in [0.05, 0.1) is 6.04 Å². The Morgan fingerprint density at radius 2 is 2.28 bits per heavy atom. The summed E-state index contributed by atoms with van der Waals surface area (Å²) in [5.41, 5.74) is 0. The highest BCUT2D eigenvalue weighted by Crippen LogP contribution is 2.33. The van der Waals surface area contributed by atoms with E-state index in [4.69, 9.17) is 9.63 Å². The zero-order valence-electron chi connectivity index (χ0n) is 10.3. The molecule has 1 atom stereocenters. The van der Waals surface area contributed by atoms with E-state index < -0.39 is 16.3 Å². The van der Waals surface area contributed by atoms with Gasteiger partial charge >= 0.3 is 0 Å². The lowest BCUT2D eigenvalue weighted by Gasteiger charge is -2.24. The van der Waals surface area contributed by atoms with Crippen LogP contribution in [0.2, 0.25) is 0 Å². The van der Waals surface area contributed by atoms with Crippen LogP contribution >= 0.6 is 0 Å². The molecule has 18 heavy (non-hydrogen) atoms. The van der Waals surface area contributed by atoms with E-state index in [2.05, 4.69) is 10.1 Å². The predicted molar refractivity (Wildman–Crippen MR) is 61.5 cm³/mol. The van der Waals surface area contributed by atoms with Gasteiger partial charge in [0.25, 0.3) is 16.1 Å². The topological polar surface area (TPSA) is 99.8 Å². The lowest BCUT2D eigenvalue weighted by molar-refractivity contribution is 0.222. The first kappa shape index (κ1) is 13.4. The molecule has 9 heteroatoms. The molecule has 1 aromatic rings. The van der Waals surface area contributed by atoms with Crippen molar-refractivity contribution in [3.63, 3.8) is 0 Å². The number of aromatic nitrogens is 2. The summed E-state index contributed by atoms with van der Waals surface area (Å²) >= 11 is 0. The van der Waals surface area contributed by atoms with Crippen LogP contribution in [0.4, 0.5) is 0 Å². The Morgan fingerprint density at radius 3 is 2.83 bits per heavy atom. The molecule has 1 aliphatic rings. The van der Waals surface area contributed by atoms with Gasteiger partial charge in [0.1, 0.15) is 6.61 Å². The van der Waals surface area contributed by atoms with E-state index in [-0.39, 0.29) is 12.5 Å². The average Bonchev–Trinajstić information content (AvgIpc) is 2.97. The molecule has 1 aromatic heterocycles. The molecule has 0 bridgehead atoms. The Labute approximate surface area is 105 Å². The van der Waals surface area contributed by atoms with E-state index in [9.17, 15) is 8.42 Å². The fourth-order valence-corrected chi connectivity index (χ4v) is 3.25. The first-order chi connectivity index (χ1) is 8.46. The van der Waals surface area contributed by atoms with Gasteiger partial charge < -0.3 is 9.63 Å². The van der Waals surface area contributed by atoms with Crippen LogP contribution in [0.1, 0.15) is 30.6 Å². The molecule has 0 radical (unpaired) electrons. The van der Waals surface area contributed by atoms with Crippen molar-refractivity contribution in [1.82, 2.24) is 18.8 Å². The smallest absolute Gasteiger partial charge is 0.282 e. The first-order valence-corrected chi connectivity index (χ1v) is 6.99. The van der Waals surface area contributed by atoms with Crippen LogP contribution in [-0.2, 0) is 16.8 Å². The highest BCUT2D eigenvalue weighted by Gasteiger charge is 2.38. The summed E-state index contributed by atoms with van der Waals surface area (Å²) in [6.07, 6.45) is 1.40. The van der Waals surface area contributed by atoms with Crippen LogP contribution in [0.5, 0.6) is 0 Å². The Balaban J connectivity index is 2.28. The third kappa shape index (κ3) is 2.26. The van der Waals surface area contributed by atoms with Crippen molar-refractivity contribution in [2.45, 2.75) is 25.5 Å². The summed E-state index contributed by atoms with van der Waals surface area (Å²) in [6.45, 7) is 0.0916. The molecular weight excluding hydrogens is 260 g/mol. The second-order valence-electron chi connectivity index (χ2n) is 4.26. The first-order valence-electron chi connectivity index (χ1n) is 5.59. The second-order valence-corrected chi connectivity index (χ2v) is 6.36. The SMILES string of the molecule is CN(C)S(=O)(=O)N1CCCC1c1noc(CO)n1. The van der Waals surface area contributed by atoms with E-state index in [0.29, 0.717) is 18.8 Å². The summed E-state index contributed by atoms with van der Waals surface area (Å²) in [7, 11) is -0.516. The van der Waals surface area contributed by atoms with Crippen LogP contribution in [0.3, 0.4) is 0 Å². The number of nitrogens with zero attached hydrogens (tertiary/aromatic N) is 4. The van der Waals surface area contributed by atoms with E-state index in [1.807, 2.05) is 0 Å². The standard InChI is InChI=1S/C9H16N4O4S/c1-12(2)18(15,16)13-5-3-4-7(13)9-10-8(6-14)17-11-9/h7,14H,3-6H2,1-2H3. The Kier molecular flexibility index (Phi) is 3.66. The molecule has 8 nitrogen and oxygen atoms in total. The summed E-state index contributed by atoms with van der Waals surface area (Å²) in [5, 5.41) is 12.6. The number of aliphatic hydroxyl groups is 1. The van der Waals surface area contributed by atoms with Crippen molar-refractivity contribution < 1.29 is 18.0 Å². The third-order valence-electron chi connectivity index (χ3n) is 2.88. The molecule has 0 saturated carbocycles. The van der Waals surface area contributed by atoms with Crippen molar-refractivity contribution >= 4 is 10.2 Å². The highest BCUT2D eigenvalue weighted by molar-refractivity contribution is 7.86. The zero-order valence-corrected chi connectivity index (χ0v) is 11.1. The maximum atomic E-state index is 12.1. The number of rotatable bonds is 4. The fraction of sp³-hybridized carbons (Fsp3) is 0.778. The van der Waals surface area contributed by atoms with E-state index >= 15 is 0 Å². The van der Waals surface area contributed by atoms with E-state index in [1.165, 1.54) is 22.7 Å². The molecule has 102 valence electrons. The lowest BCUT2D eigenvalue weighted by Crippen LogP contribution is -2.39. The molecule has 1 unspecified atom stereocenters. The summed E-state index contributed by atoms with van der Waals surface area (Å²) < 4.78 is 31.5. The summed E-state index contributed by atoms with van der Waals surface area (Å²) in [5.74, 6) is 0.404. The molecule has 0 aromatic carbocycles. The predicted octanol–water partition coefficient (Wildman–Crippen LogP) is -0.495. The van der Waals surface area contributed by atoms with Crippen LogP contribution in [0.15, 0.2) is 4.52 Å². The van der Waals surface area contributed by atoms with Crippen LogP contribution in [0.25, 0.3) is 0 Å².